The Balaban J connectivity index is 1.68. The predicted molar refractivity (Wildman–Crippen MR) is 134 cm³/mol. The van der Waals surface area contributed by atoms with Crippen LogP contribution in [-0.4, -0.2) is 27.8 Å². The number of hydrogen-bond donors (Lipinski definition) is 0. The van der Waals surface area contributed by atoms with Crippen LogP contribution < -0.4 is 4.74 Å². The lowest BCUT2D eigenvalue weighted by molar-refractivity contribution is -0.136. The van der Waals surface area contributed by atoms with Gasteiger partial charge in [0.25, 0.3) is 0 Å². The van der Waals surface area contributed by atoms with Gasteiger partial charge >= 0.3 is 5.97 Å². The van der Waals surface area contributed by atoms with Crippen molar-refractivity contribution in [3.8, 4) is 28.7 Å². The van der Waals surface area contributed by atoms with E-state index in [1.807, 2.05) is 91.0 Å². The van der Waals surface area contributed by atoms with Crippen molar-refractivity contribution in [2.24, 2.45) is 0 Å². The van der Waals surface area contributed by atoms with E-state index < -0.39 is 11.9 Å². The average Bonchev–Trinajstić information content (AvgIpc) is 3.29. The zero-order valence-corrected chi connectivity index (χ0v) is 19.0. The van der Waals surface area contributed by atoms with E-state index in [2.05, 4.69) is 6.58 Å². The van der Waals surface area contributed by atoms with E-state index >= 15 is 0 Å². The number of pyridine rings is 1. The van der Waals surface area contributed by atoms with Gasteiger partial charge in [-0.3, -0.25) is 0 Å². The van der Waals surface area contributed by atoms with Crippen molar-refractivity contribution in [3.63, 3.8) is 0 Å². The van der Waals surface area contributed by atoms with E-state index in [-0.39, 0.29) is 0 Å². The van der Waals surface area contributed by atoms with Crippen LogP contribution in [0.15, 0.2) is 103 Å². The maximum Gasteiger partial charge on any atom is 0.334 e. The summed E-state index contributed by atoms with van der Waals surface area (Å²) < 4.78 is 13.3. The Bertz CT molecular complexity index is 1590. The molecule has 0 saturated heterocycles. The molecule has 170 valence electrons. The summed E-state index contributed by atoms with van der Waals surface area (Å²) in [5.74, 6) is -0.122. The highest BCUT2D eigenvalue weighted by Gasteiger charge is 2.39. The number of para-hydroxylation sites is 2. The molecule has 6 nitrogen and oxygen atoms in total. The van der Waals surface area contributed by atoms with Gasteiger partial charge < -0.3 is 9.47 Å². The molecule has 0 spiro atoms. The molecule has 0 bridgehead atoms. The van der Waals surface area contributed by atoms with Gasteiger partial charge in [0.2, 0.25) is 11.8 Å². The normalized spacial score (nSPS) is 14.0. The topological polar surface area (TPSA) is 66.2 Å². The van der Waals surface area contributed by atoms with Crippen molar-refractivity contribution >= 4 is 16.9 Å². The summed E-state index contributed by atoms with van der Waals surface area (Å²) in [7, 11) is 1.36. The molecule has 5 aromatic rings. The molecule has 0 amide bonds. The number of aromatic nitrogens is 3. The van der Waals surface area contributed by atoms with Gasteiger partial charge in [-0.2, -0.15) is 9.78 Å². The first-order valence-corrected chi connectivity index (χ1v) is 11.2. The molecule has 1 aliphatic rings. The van der Waals surface area contributed by atoms with Crippen LogP contribution in [-0.2, 0) is 9.53 Å². The van der Waals surface area contributed by atoms with E-state index in [4.69, 9.17) is 19.6 Å². The standard InChI is InChI=1S/C29H21N3O3/c1-18(29(33)34-2)24-22-17-20-13-9-10-16-23(20)30-27(22)35-28-25(24)26(19-11-5-3-6-12-19)31-32(28)21-14-7-4-8-15-21/h3-17,24H,1H2,2H3/t24-/m0/s1. The molecular weight excluding hydrogens is 438 g/mol. The average molecular weight is 460 g/mol. The molecule has 35 heavy (non-hydrogen) atoms. The largest absolute Gasteiger partial charge is 0.466 e. The summed E-state index contributed by atoms with van der Waals surface area (Å²) in [6, 6.07) is 29.4. The maximum atomic E-state index is 12.8. The van der Waals surface area contributed by atoms with E-state index in [1.165, 1.54) is 7.11 Å². The molecule has 0 unspecified atom stereocenters. The SMILES string of the molecule is C=C(C(=O)OC)[C@H]1c2cc3ccccc3nc2Oc2c1c(-c1ccccc1)nn2-c1ccccc1. The first-order valence-electron chi connectivity index (χ1n) is 11.2. The lowest BCUT2D eigenvalue weighted by atomic mass is 9.83. The fourth-order valence-electron chi connectivity index (χ4n) is 4.59. The summed E-state index contributed by atoms with van der Waals surface area (Å²) in [5.41, 5.74) is 5.03. The number of esters is 1. The van der Waals surface area contributed by atoms with Crippen molar-refractivity contribution in [2.75, 3.05) is 7.11 Å². The van der Waals surface area contributed by atoms with Crippen LogP contribution in [0.1, 0.15) is 17.0 Å². The van der Waals surface area contributed by atoms with Gasteiger partial charge in [-0.1, -0.05) is 73.3 Å². The van der Waals surface area contributed by atoms with Gasteiger partial charge in [0.1, 0.15) is 5.69 Å². The first-order chi connectivity index (χ1) is 17.2. The third kappa shape index (κ3) is 3.38. The molecule has 0 fully saturated rings. The van der Waals surface area contributed by atoms with Crippen molar-refractivity contribution in [2.45, 2.75) is 5.92 Å². The van der Waals surface area contributed by atoms with Crippen molar-refractivity contribution in [1.29, 1.82) is 0 Å². The molecule has 3 aromatic carbocycles. The number of fused-ring (bicyclic) bond motifs is 3. The van der Waals surface area contributed by atoms with Crippen LogP contribution in [0.2, 0.25) is 0 Å². The number of benzene rings is 3. The van der Waals surface area contributed by atoms with Gasteiger partial charge in [-0.25, -0.2) is 9.78 Å². The number of carbonyl (C=O) groups excluding carboxylic acids is 1. The number of carbonyl (C=O) groups is 1. The molecular formula is C29H21N3O3. The number of hydrogen-bond acceptors (Lipinski definition) is 5. The molecule has 6 rings (SSSR count). The second kappa shape index (κ2) is 8.25. The lowest BCUT2D eigenvalue weighted by Crippen LogP contribution is -2.19. The van der Waals surface area contributed by atoms with E-state index in [1.54, 1.807) is 4.68 Å². The molecule has 0 radical (unpaired) electrons. The second-order valence-electron chi connectivity index (χ2n) is 8.31. The quantitative estimate of drug-likeness (QED) is 0.242. The minimum atomic E-state index is -0.550. The minimum absolute atomic E-state index is 0.292. The summed E-state index contributed by atoms with van der Waals surface area (Å²) in [6.07, 6.45) is 0. The van der Waals surface area contributed by atoms with Crippen molar-refractivity contribution in [1.82, 2.24) is 14.8 Å². The predicted octanol–water partition coefficient (Wildman–Crippen LogP) is 6.05. The van der Waals surface area contributed by atoms with Crippen molar-refractivity contribution in [3.05, 3.63) is 114 Å². The summed E-state index contributed by atoms with van der Waals surface area (Å²) in [5, 5.41) is 5.92. The van der Waals surface area contributed by atoms with E-state index in [9.17, 15) is 4.79 Å². The molecule has 1 aliphatic heterocycles. The number of methoxy groups -OCH3 is 1. The monoisotopic (exact) mass is 459 g/mol. The highest BCUT2D eigenvalue weighted by Crippen LogP contribution is 2.51. The molecule has 1 atom stereocenters. The Kier molecular flexibility index (Phi) is 4.92. The van der Waals surface area contributed by atoms with Gasteiger partial charge in [0.05, 0.1) is 29.8 Å². The van der Waals surface area contributed by atoms with Crippen LogP contribution in [0.25, 0.3) is 27.8 Å². The van der Waals surface area contributed by atoms with Crippen LogP contribution in [0, 0.1) is 0 Å². The Morgan fingerprint density at radius 3 is 2.40 bits per heavy atom. The highest BCUT2D eigenvalue weighted by atomic mass is 16.5. The van der Waals surface area contributed by atoms with Gasteiger partial charge in [-0.15, -0.1) is 0 Å². The van der Waals surface area contributed by atoms with Gasteiger partial charge in [0.15, 0.2) is 0 Å². The number of nitrogens with zero attached hydrogens (tertiary/aromatic N) is 3. The fraction of sp³-hybridized carbons (Fsp3) is 0.0690. The Hall–Kier alpha value is -4.71. The molecule has 0 aliphatic carbocycles. The van der Waals surface area contributed by atoms with Gasteiger partial charge in [0, 0.05) is 22.1 Å². The summed E-state index contributed by atoms with van der Waals surface area (Å²) in [6.45, 7) is 4.15. The molecule has 0 N–H and O–H groups in total. The zero-order valence-electron chi connectivity index (χ0n) is 19.0. The van der Waals surface area contributed by atoms with Crippen LogP contribution >= 0.6 is 0 Å². The third-order valence-corrected chi connectivity index (χ3v) is 6.23. The minimum Gasteiger partial charge on any atom is -0.466 e. The Morgan fingerprint density at radius 1 is 0.971 bits per heavy atom. The smallest absolute Gasteiger partial charge is 0.334 e. The molecule has 2 aromatic heterocycles. The van der Waals surface area contributed by atoms with Crippen LogP contribution in [0.3, 0.4) is 0 Å². The Labute approximate surface area is 202 Å². The lowest BCUT2D eigenvalue weighted by Gasteiger charge is -2.27. The van der Waals surface area contributed by atoms with E-state index in [0.29, 0.717) is 23.0 Å². The van der Waals surface area contributed by atoms with Crippen LogP contribution in [0.5, 0.6) is 11.8 Å². The third-order valence-electron chi connectivity index (χ3n) is 6.23. The first kappa shape index (κ1) is 20.9. The summed E-state index contributed by atoms with van der Waals surface area (Å²) in [4.78, 5) is 17.6. The number of rotatable bonds is 4. The summed E-state index contributed by atoms with van der Waals surface area (Å²) >= 11 is 0. The molecule has 3 heterocycles. The maximum absolute atomic E-state index is 12.8. The van der Waals surface area contributed by atoms with Crippen molar-refractivity contribution < 1.29 is 14.3 Å². The Morgan fingerprint density at radius 2 is 1.66 bits per heavy atom. The molecule has 6 heteroatoms. The van der Waals surface area contributed by atoms with E-state index in [0.717, 1.165) is 33.3 Å². The second-order valence-corrected chi connectivity index (χ2v) is 8.31. The van der Waals surface area contributed by atoms with Crippen LogP contribution in [0.4, 0.5) is 0 Å². The number of ether oxygens (including phenoxy) is 2. The fourth-order valence-corrected chi connectivity index (χ4v) is 4.59. The zero-order chi connectivity index (χ0) is 23.9. The van der Waals surface area contributed by atoms with Gasteiger partial charge in [-0.05, 0) is 24.3 Å². The highest BCUT2D eigenvalue weighted by molar-refractivity contribution is 5.93. The molecule has 0 saturated carbocycles.